The molecule has 0 saturated heterocycles. The fourth-order valence-electron chi connectivity index (χ4n) is 4.00. The molecular weight excluding hydrogens is 414 g/mol. The molecule has 0 saturated carbocycles. The van der Waals surface area contributed by atoms with E-state index in [-0.39, 0.29) is 0 Å². The van der Waals surface area contributed by atoms with Crippen LogP contribution in [0.15, 0.2) is 102 Å². The fraction of sp³-hybridized carbons (Fsp3) is 0.0741. The Labute approximate surface area is 190 Å². The Morgan fingerprint density at radius 2 is 1.67 bits per heavy atom. The number of rotatable bonds is 5. The number of ether oxygens (including phenoxy) is 2. The van der Waals surface area contributed by atoms with Crippen LogP contribution in [0, 0.1) is 0 Å². The Morgan fingerprint density at radius 3 is 2.48 bits per heavy atom. The van der Waals surface area contributed by atoms with Crippen LogP contribution < -0.4 is 14.4 Å². The second-order valence-corrected chi connectivity index (χ2v) is 7.93. The predicted octanol–water partition coefficient (Wildman–Crippen LogP) is 6.75. The normalized spacial score (nSPS) is 13.2. The summed E-state index contributed by atoms with van der Waals surface area (Å²) >= 11 is 0. The van der Waals surface area contributed by atoms with Gasteiger partial charge in [0.1, 0.15) is 28.4 Å². The van der Waals surface area contributed by atoms with Crippen LogP contribution >= 0.6 is 0 Å². The first-order chi connectivity index (χ1) is 16.2. The smallest absolute Gasteiger partial charge is 0.219 e. The van der Waals surface area contributed by atoms with Crippen molar-refractivity contribution in [1.82, 2.24) is 9.88 Å². The summed E-state index contributed by atoms with van der Waals surface area (Å²) in [4.78, 5) is 8.49. The minimum Gasteiger partial charge on any atom is -0.456 e. The quantitative estimate of drug-likeness (QED) is 0.304. The van der Waals surface area contributed by atoms with Crippen LogP contribution in [0.2, 0.25) is 0 Å². The first kappa shape index (κ1) is 19.3. The third kappa shape index (κ3) is 3.72. The standard InChI is InChI=1S/C27H21N3O3/c1-29-13-14-30(18-29)19-15-24(27-22-9-2-3-10-23(22)33-25(27)16-19)31-20-7-6-8-21(17-20)32-26-11-4-5-12-28-26/h2-17H,18H2,1H3. The minimum absolute atomic E-state index is 0.532. The van der Waals surface area contributed by atoms with E-state index in [1.54, 1.807) is 6.20 Å². The molecule has 6 nitrogen and oxygen atoms in total. The Bertz CT molecular complexity index is 1480. The van der Waals surface area contributed by atoms with Gasteiger partial charge in [-0.15, -0.1) is 0 Å². The highest BCUT2D eigenvalue weighted by Gasteiger charge is 2.19. The van der Waals surface area contributed by atoms with Crippen LogP contribution in [0.4, 0.5) is 5.69 Å². The summed E-state index contributed by atoms with van der Waals surface area (Å²) in [5.74, 6) is 2.58. The van der Waals surface area contributed by atoms with Gasteiger partial charge in [-0.1, -0.05) is 30.3 Å². The van der Waals surface area contributed by atoms with Crippen molar-refractivity contribution in [2.75, 3.05) is 18.6 Å². The maximum atomic E-state index is 6.44. The van der Waals surface area contributed by atoms with Crippen LogP contribution in [0.25, 0.3) is 21.9 Å². The lowest BCUT2D eigenvalue weighted by Crippen LogP contribution is -2.21. The zero-order chi connectivity index (χ0) is 22.2. The number of furan rings is 1. The van der Waals surface area contributed by atoms with Gasteiger partial charge in [-0.2, -0.15) is 0 Å². The average Bonchev–Trinajstić information content (AvgIpc) is 3.43. The van der Waals surface area contributed by atoms with Gasteiger partial charge in [0.05, 0.1) is 12.1 Å². The summed E-state index contributed by atoms with van der Waals surface area (Å²) in [5, 5.41) is 1.96. The van der Waals surface area contributed by atoms with E-state index in [0.717, 1.165) is 40.0 Å². The molecule has 6 rings (SSSR count). The molecule has 0 fully saturated rings. The van der Waals surface area contributed by atoms with Crippen molar-refractivity contribution in [3.05, 3.63) is 97.5 Å². The van der Waals surface area contributed by atoms with Gasteiger partial charge in [0, 0.05) is 61.0 Å². The third-order valence-electron chi connectivity index (χ3n) is 5.53. The van der Waals surface area contributed by atoms with Crippen molar-refractivity contribution in [3.63, 3.8) is 0 Å². The van der Waals surface area contributed by atoms with Crippen LogP contribution in [0.1, 0.15) is 0 Å². The van der Waals surface area contributed by atoms with Crippen molar-refractivity contribution >= 4 is 27.6 Å². The molecule has 3 aromatic carbocycles. The largest absolute Gasteiger partial charge is 0.456 e. The van der Waals surface area contributed by atoms with Gasteiger partial charge in [-0.05, 0) is 24.3 Å². The molecule has 1 aliphatic rings. The number of nitrogens with zero attached hydrogens (tertiary/aromatic N) is 3. The summed E-state index contributed by atoms with van der Waals surface area (Å²) < 4.78 is 18.5. The van der Waals surface area contributed by atoms with Gasteiger partial charge in [0.2, 0.25) is 5.88 Å². The molecule has 6 heteroatoms. The monoisotopic (exact) mass is 435 g/mol. The van der Waals surface area contributed by atoms with Gasteiger partial charge >= 0.3 is 0 Å². The summed E-state index contributed by atoms with van der Waals surface area (Å²) in [6.45, 7) is 0.762. The van der Waals surface area contributed by atoms with Crippen LogP contribution in [-0.4, -0.2) is 23.6 Å². The van der Waals surface area contributed by atoms with Gasteiger partial charge < -0.3 is 23.7 Å². The highest BCUT2D eigenvalue weighted by molar-refractivity contribution is 6.09. The molecule has 0 aliphatic carbocycles. The molecule has 0 bridgehead atoms. The summed E-state index contributed by atoms with van der Waals surface area (Å²) in [7, 11) is 2.04. The second-order valence-electron chi connectivity index (χ2n) is 7.93. The van der Waals surface area contributed by atoms with Crippen molar-refractivity contribution in [1.29, 1.82) is 0 Å². The van der Waals surface area contributed by atoms with E-state index in [2.05, 4.69) is 39.2 Å². The van der Waals surface area contributed by atoms with Crippen LogP contribution in [-0.2, 0) is 0 Å². The molecule has 5 aromatic rings. The fourth-order valence-corrected chi connectivity index (χ4v) is 4.00. The SMILES string of the molecule is CN1C=CN(c2cc(Oc3cccc(Oc4ccccn4)c3)c3c(c2)oc2ccccc23)C1. The highest BCUT2D eigenvalue weighted by atomic mass is 16.5. The maximum Gasteiger partial charge on any atom is 0.219 e. The van der Waals surface area contributed by atoms with Gasteiger partial charge in [-0.3, -0.25) is 0 Å². The van der Waals surface area contributed by atoms with Crippen LogP contribution in [0.5, 0.6) is 23.1 Å². The summed E-state index contributed by atoms with van der Waals surface area (Å²) in [5.41, 5.74) is 2.61. The Hall–Kier alpha value is -4.45. The first-order valence-electron chi connectivity index (χ1n) is 10.7. The molecule has 33 heavy (non-hydrogen) atoms. The van der Waals surface area contributed by atoms with E-state index in [1.807, 2.05) is 73.9 Å². The second kappa shape index (κ2) is 7.91. The average molecular weight is 435 g/mol. The van der Waals surface area contributed by atoms with E-state index >= 15 is 0 Å². The van der Waals surface area contributed by atoms with Crippen molar-refractivity contribution in [2.45, 2.75) is 0 Å². The molecule has 162 valence electrons. The number of pyridine rings is 1. The molecule has 2 aromatic heterocycles. The molecule has 1 aliphatic heterocycles. The Morgan fingerprint density at radius 1 is 0.818 bits per heavy atom. The highest BCUT2D eigenvalue weighted by Crippen LogP contribution is 2.41. The number of fused-ring (bicyclic) bond motifs is 3. The third-order valence-corrected chi connectivity index (χ3v) is 5.53. The lowest BCUT2D eigenvalue weighted by Gasteiger charge is -2.19. The van der Waals surface area contributed by atoms with Gasteiger partial charge in [-0.25, -0.2) is 4.98 Å². The number of anilines is 1. The number of hydrogen-bond acceptors (Lipinski definition) is 6. The molecule has 3 heterocycles. The van der Waals surface area contributed by atoms with E-state index in [1.165, 1.54) is 0 Å². The number of para-hydroxylation sites is 1. The lowest BCUT2D eigenvalue weighted by molar-refractivity contribution is 0.450. The van der Waals surface area contributed by atoms with Gasteiger partial charge in [0.15, 0.2) is 0 Å². The zero-order valence-electron chi connectivity index (χ0n) is 18.0. The molecule has 0 atom stereocenters. The number of benzene rings is 3. The lowest BCUT2D eigenvalue weighted by atomic mass is 10.1. The molecule has 0 radical (unpaired) electrons. The van der Waals surface area contributed by atoms with Crippen LogP contribution in [0.3, 0.4) is 0 Å². The molecule has 0 unspecified atom stereocenters. The minimum atomic E-state index is 0.532. The van der Waals surface area contributed by atoms with Gasteiger partial charge in [0.25, 0.3) is 0 Å². The molecule has 0 amide bonds. The van der Waals surface area contributed by atoms with Crippen molar-refractivity contribution < 1.29 is 13.9 Å². The molecule has 0 spiro atoms. The summed E-state index contributed by atoms with van der Waals surface area (Å²) in [6.07, 6.45) is 5.79. The zero-order valence-corrected chi connectivity index (χ0v) is 18.0. The van der Waals surface area contributed by atoms with E-state index in [4.69, 9.17) is 13.9 Å². The predicted molar refractivity (Wildman–Crippen MR) is 129 cm³/mol. The van der Waals surface area contributed by atoms with E-state index in [0.29, 0.717) is 17.4 Å². The topological polar surface area (TPSA) is 51.0 Å². The maximum absolute atomic E-state index is 6.44. The number of hydrogen-bond donors (Lipinski definition) is 0. The molecule has 0 N–H and O–H groups in total. The Kier molecular flexibility index (Phi) is 4.61. The Balaban J connectivity index is 1.42. The van der Waals surface area contributed by atoms with Crippen molar-refractivity contribution in [2.24, 2.45) is 0 Å². The van der Waals surface area contributed by atoms with E-state index < -0.39 is 0 Å². The molecular formula is C27H21N3O3. The first-order valence-corrected chi connectivity index (χ1v) is 10.7. The number of aromatic nitrogens is 1. The van der Waals surface area contributed by atoms with E-state index in [9.17, 15) is 0 Å². The van der Waals surface area contributed by atoms with Crippen molar-refractivity contribution in [3.8, 4) is 23.1 Å². The summed E-state index contributed by atoms with van der Waals surface area (Å²) in [6, 6.07) is 25.2.